The third-order valence-corrected chi connectivity index (χ3v) is 6.14. The lowest BCUT2D eigenvalue weighted by molar-refractivity contribution is 0.243. The summed E-state index contributed by atoms with van der Waals surface area (Å²) in [7, 11) is 0. The van der Waals surface area contributed by atoms with Crippen LogP contribution in [0.15, 0.2) is 24.3 Å². The van der Waals surface area contributed by atoms with Crippen LogP contribution in [0.1, 0.15) is 37.7 Å². The fraction of sp³-hybridized carbons (Fsp3) is 0.667. The minimum Gasteiger partial charge on any atom is -0.396 e. The Morgan fingerprint density at radius 2 is 1.80 bits per heavy atom. The van der Waals surface area contributed by atoms with Crippen molar-refractivity contribution in [2.75, 3.05) is 11.9 Å². The monoisotopic (exact) mass is 271 g/mol. The summed E-state index contributed by atoms with van der Waals surface area (Å²) in [5.74, 6) is 4.05. The van der Waals surface area contributed by atoms with E-state index >= 15 is 0 Å². The van der Waals surface area contributed by atoms with Crippen molar-refractivity contribution < 1.29 is 5.11 Å². The number of hydrogen-bond acceptors (Lipinski definition) is 2. The van der Waals surface area contributed by atoms with Crippen LogP contribution >= 0.6 is 0 Å². The Bertz CT molecular complexity index is 469. The summed E-state index contributed by atoms with van der Waals surface area (Å²) in [6.45, 7) is 0.238. The quantitative estimate of drug-likeness (QED) is 0.879. The lowest BCUT2D eigenvalue weighted by atomic mass is 9.79. The minimum atomic E-state index is 0.238. The van der Waals surface area contributed by atoms with Crippen LogP contribution in [-0.2, 0) is 6.42 Å². The van der Waals surface area contributed by atoms with Gasteiger partial charge in [0.1, 0.15) is 0 Å². The molecule has 1 aromatic carbocycles. The molecule has 0 saturated heterocycles. The third-order valence-electron chi connectivity index (χ3n) is 6.14. The van der Waals surface area contributed by atoms with Crippen molar-refractivity contribution in [3.63, 3.8) is 0 Å². The summed E-state index contributed by atoms with van der Waals surface area (Å²) in [6.07, 6.45) is 8.11. The molecule has 3 aliphatic carbocycles. The molecule has 0 aromatic heterocycles. The van der Waals surface area contributed by atoms with E-state index in [1.807, 2.05) is 0 Å². The zero-order valence-electron chi connectivity index (χ0n) is 12.1. The number of fused-ring (bicyclic) bond motifs is 5. The van der Waals surface area contributed by atoms with Gasteiger partial charge in [-0.25, -0.2) is 0 Å². The van der Waals surface area contributed by atoms with E-state index in [9.17, 15) is 0 Å². The van der Waals surface area contributed by atoms with Gasteiger partial charge in [-0.2, -0.15) is 0 Å². The molecule has 3 saturated carbocycles. The number of aliphatic hydroxyl groups excluding tert-OH is 1. The van der Waals surface area contributed by atoms with Gasteiger partial charge in [0.05, 0.1) is 0 Å². The van der Waals surface area contributed by atoms with Crippen LogP contribution in [0.3, 0.4) is 0 Å². The molecule has 0 heterocycles. The van der Waals surface area contributed by atoms with Gasteiger partial charge in [-0.1, -0.05) is 18.6 Å². The first-order valence-corrected chi connectivity index (χ1v) is 8.31. The van der Waals surface area contributed by atoms with E-state index in [0.717, 1.165) is 30.1 Å². The van der Waals surface area contributed by atoms with Crippen LogP contribution in [0.4, 0.5) is 5.69 Å². The lowest BCUT2D eigenvalue weighted by Gasteiger charge is -2.32. The number of aliphatic hydroxyl groups is 1. The van der Waals surface area contributed by atoms with Crippen molar-refractivity contribution in [1.82, 2.24) is 0 Å². The molecular weight excluding hydrogens is 246 g/mol. The van der Waals surface area contributed by atoms with Gasteiger partial charge in [0, 0.05) is 18.3 Å². The van der Waals surface area contributed by atoms with Crippen LogP contribution in [0.2, 0.25) is 0 Å². The Morgan fingerprint density at radius 3 is 2.60 bits per heavy atom. The average Bonchev–Trinajstić information content (AvgIpc) is 3.13. The second-order valence-electron chi connectivity index (χ2n) is 7.08. The molecule has 0 radical (unpaired) electrons. The maximum absolute atomic E-state index is 8.96. The van der Waals surface area contributed by atoms with E-state index in [-0.39, 0.29) is 6.61 Å². The molecule has 4 rings (SSSR count). The Kier molecular flexibility index (Phi) is 3.22. The number of nitrogens with one attached hydrogen (secondary N) is 1. The highest BCUT2D eigenvalue weighted by Gasteiger charge is 2.53. The SMILES string of the molecule is OCCc1ccc(NC2CC3CC2C2CCCC32)cc1. The van der Waals surface area contributed by atoms with Crippen molar-refractivity contribution in [3.05, 3.63) is 29.8 Å². The van der Waals surface area contributed by atoms with Crippen LogP contribution in [-0.4, -0.2) is 17.8 Å². The van der Waals surface area contributed by atoms with E-state index in [4.69, 9.17) is 5.11 Å². The minimum absolute atomic E-state index is 0.238. The van der Waals surface area contributed by atoms with Crippen molar-refractivity contribution in [1.29, 1.82) is 0 Å². The van der Waals surface area contributed by atoms with Crippen molar-refractivity contribution in [3.8, 4) is 0 Å². The molecule has 5 unspecified atom stereocenters. The third kappa shape index (κ3) is 2.05. The van der Waals surface area contributed by atoms with Crippen molar-refractivity contribution >= 4 is 5.69 Å². The molecule has 0 amide bonds. The maximum Gasteiger partial charge on any atom is 0.0471 e. The Labute approximate surface area is 121 Å². The summed E-state index contributed by atoms with van der Waals surface area (Å²) in [6, 6.07) is 9.36. The lowest BCUT2D eigenvalue weighted by Crippen LogP contribution is -2.33. The molecule has 20 heavy (non-hydrogen) atoms. The molecule has 1 aromatic rings. The highest BCUT2D eigenvalue weighted by Crippen LogP contribution is 2.59. The molecule has 2 N–H and O–H groups in total. The molecule has 2 bridgehead atoms. The topological polar surface area (TPSA) is 32.3 Å². The summed E-state index contributed by atoms with van der Waals surface area (Å²) in [5.41, 5.74) is 2.49. The molecule has 2 nitrogen and oxygen atoms in total. The normalized spacial score (nSPS) is 38.1. The van der Waals surface area contributed by atoms with Crippen molar-refractivity contribution in [2.24, 2.45) is 23.7 Å². The molecular formula is C18H25NO. The fourth-order valence-electron chi connectivity index (χ4n) is 5.34. The summed E-state index contributed by atoms with van der Waals surface area (Å²) >= 11 is 0. The number of anilines is 1. The summed E-state index contributed by atoms with van der Waals surface area (Å²) < 4.78 is 0. The van der Waals surface area contributed by atoms with E-state index in [2.05, 4.69) is 29.6 Å². The molecule has 0 aliphatic heterocycles. The first kappa shape index (κ1) is 12.7. The first-order valence-electron chi connectivity index (χ1n) is 8.31. The van der Waals surface area contributed by atoms with Gasteiger partial charge in [-0.3, -0.25) is 0 Å². The predicted molar refractivity (Wildman–Crippen MR) is 81.7 cm³/mol. The summed E-state index contributed by atoms with van der Waals surface area (Å²) in [5, 5.41) is 12.8. The van der Waals surface area contributed by atoms with E-state index in [1.54, 1.807) is 0 Å². The maximum atomic E-state index is 8.96. The van der Waals surface area contributed by atoms with Crippen molar-refractivity contribution in [2.45, 2.75) is 44.6 Å². The average molecular weight is 271 g/mol. The Balaban J connectivity index is 1.42. The second-order valence-corrected chi connectivity index (χ2v) is 7.08. The zero-order chi connectivity index (χ0) is 13.5. The van der Waals surface area contributed by atoms with Gasteiger partial charge in [0.2, 0.25) is 0 Å². The Morgan fingerprint density at radius 1 is 1.00 bits per heavy atom. The van der Waals surface area contributed by atoms with Crippen LogP contribution < -0.4 is 5.32 Å². The molecule has 0 spiro atoms. The fourth-order valence-corrected chi connectivity index (χ4v) is 5.34. The highest BCUT2D eigenvalue weighted by atomic mass is 16.2. The first-order chi connectivity index (χ1) is 9.85. The standard InChI is InChI=1S/C18H25NO/c20-9-8-12-4-6-14(7-5-12)19-18-11-13-10-17(18)16-3-1-2-15(13)16/h4-7,13,15-20H,1-3,8-11H2. The summed E-state index contributed by atoms with van der Waals surface area (Å²) in [4.78, 5) is 0. The molecule has 5 atom stereocenters. The van der Waals surface area contributed by atoms with Crippen LogP contribution in [0.5, 0.6) is 0 Å². The van der Waals surface area contributed by atoms with Gasteiger partial charge in [-0.05, 0) is 73.5 Å². The second kappa shape index (κ2) is 5.07. The smallest absolute Gasteiger partial charge is 0.0471 e. The van der Waals surface area contributed by atoms with Gasteiger partial charge in [-0.15, -0.1) is 0 Å². The van der Waals surface area contributed by atoms with Gasteiger partial charge in [0.25, 0.3) is 0 Å². The molecule has 3 aliphatic rings. The number of rotatable bonds is 4. The number of hydrogen-bond donors (Lipinski definition) is 2. The van der Waals surface area contributed by atoms with Crippen LogP contribution in [0, 0.1) is 23.7 Å². The molecule has 108 valence electrons. The molecule has 2 heteroatoms. The predicted octanol–water partition coefficient (Wildman–Crippen LogP) is 3.46. The zero-order valence-corrected chi connectivity index (χ0v) is 12.1. The van der Waals surface area contributed by atoms with Crippen LogP contribution in [0.25, 0.3) is 0 Å². The number of benzene rings is 1. The van der Waals surface area contributed by atoms with E-state index in [1.165, 1.54) is 43.4 Å². The van der Waals surface area contributed by atoms with E-state index < -0.39 is 0 Å². The highest BCUT2D eigenvalue weighted by molar-refractivity contribution is 5.46. The Hall–Kier alpha value is -1.02. The van der Waals surface area contributed by atoms with Gasteiger partial charge in [0.15, 0.2) is 0 Å². The molecule has 3 fully saturated rings. The largest absolute Gasteiger partial charge is 0.396 e. The van der Waals surface area contributed by atoms with Gasteiger partial charge < -0.3 is 10.4 Å². The van der Waals surface area contributed by atoms with E-state index in [0.29, 0.717) is 6.04 Å². The van der Waals surface area contributed by atoms with Gasteiger partial charge >= 0.3 is 0 Å².